The largest absolute Gasteiger partial charge is 0.370 e. The van der Waals surface area contributed by atoms with E-state index >= 15 is 0 Å². The minimum Gasteiger partial charge on any atom is -0.370 e. The minimum absolute atomic E-state index is 0.191. The van der Waals surface area contributed by atoms with E-state index in [1.165, 1.54) is 5.56 Å². The fraction of sp³-hybridized carbons (Fsp3) is 0.538. The highest BCUT2D eigenvalue weighted by molar-refractivity contribution is 5.13. The molecule has 0 N–H and O–H groups in total. The van der Waals surface area contributed by atoms with Gasteiger partial charge in [0.25, 0.3) is 0 Å². The quantitative estimate of drug-likeness (QED) is 0.403. The van der Waals surface area contributed by atoms with Crippen molar-refractivity contribution in [3.63, 3.8) is 0 Å². The number of rotatable bonds is 7. The first-order valence-corrected chi connectivity index (χ1v) is 5.75. The van der Waals surface area contributed by atoms with Crippen LogP contribution in [0.4, 0.5) is 0 Å². The van der Waals surface area contributed by atoms with Crippen molar-refractivity contribution < 1.29 is 14.2 Å². The average molecular weight is 222 g/mol. The molecule has 1 aromatic rings. The van der Waals surface area contributed by atoms with Crippen LogP contribution in [0.3, 0.4) is 0 Å². The third-order valence-corrected chi connectivity index (χ3v) is 2.65. The first kappa shape index (κ1) is 11.6. The highest BCUT2D eigenvalue weighted by atomic mass is 16.7. The van der Waals surface area contributed by atoms with Crippen LogP contribution in [0, 0.1) is 0 Å². The second kappa shape index (κ2) is 5.99. The molecule has 16 heavy (non-hydrogen) atoms. The van der Waals surface area contributed by atoms with Gasteiger partial charge in [-0.25, -0.2) is 0 Å². The Labute approximate surface area is 96.3 Å². The van der Waals surface area contributed by atoms with E-state index in [-0.39, 0.29) is 6.10 Å². The molecule has 2 rings (SSSR count). The van der Waals surface area contributed by atoms with Gasteiger partial charge in [-0.15, -0.1) is 0 Å². The van der Waals surface area contributed by atoms with Crippen molar-refractivity contribution in [2.75, 3.05) is 13.4 Å². The summed E-state index contributed by atoms with van der Waals surface area (Å²) in [5, 5.41) is 0. The Hall–Kier alpha value is -0.900. The minimum atomic E-state index is 0.191. The molecular formula is C13H18O3. The first-order valence-electron chi connectivity index (χ1n) is 5.75. The fourth-order valence-corrected chi connectivity index (χ4v) is 1.63. The van der Waals surface area contributed by atoms with Crippen LogP contribution in [0.2, 0.25) is 0 Å². The molecule has 1 aliphatic heterocycles. The summed E-state index contributed by atoms with van der Waals surface area (Å²) >= 11 is 0. The van der Waals surface area contributed by atoms with Crippen molar-refractivity contribution in [2.24, 2.45) is 0 Å². The van der Waals surface area contributed by atoms with Crippen molar-refractivity contribution >= 4 is 0 Å². The van der Waals surface area contributed by atoms with Gasteiger partial charge >= 0.3 is 0 Å². The van der Waals surface area contributed by atoms with Crippen LogP contribution >= 0.6 is 0 Å². The maximum Gasteiger partial charge on any atom is 0.147 e. The lowest BCUT2D eigenvalue weighted by Gasteiger charge is -2.13. The molecule has 2 atom stereocenters. The van der Waals surface area contributed by atoms with E-state index in [0.717, 1.165) is 13.0 Å². The third-order valence-electron chi connectivity index (χ3n) is 2.65. The lowest BCUT2D eigenvalue weighted by atomic mass is 10.2. The molecule has 0 amide bonds. The summed E-state index contributed by atoms with van der Waals surface area (Å²) in [5.41, 5.74) is 1.17. The predicted molar refractivity (Wildman–Crippen MR) is 61.0 cm³/mol. The zero-order chi connectivity index (χ0) is 11.2. The number of hydrogen-bond donors (Lipinski definition) is 0. The first-order chi connectivity index (χ1) is 7.90. The van der Waals surface area contributed by atoms with Crippen molar-refractivity contribution in [1.82, 2.24) is 0 Å². The van der Waals surface area contributed by atoms with Crippen LogP contribution in [-0.4, -0.2) is 25.6 Å². The second-order valence-electron chi connectivity index (χ2n) is 3.94. The number of epoxide rings is 1. The zero-order valence-electron chi connectivity index (χ0n) is 9.59. The molecule has 88 valence electrons. The van der Waals surface area contributed by atoms with E-state index in [4.69, 9.17) is 14.2 Å². The van der Waals surface area contributed by atoms with Gasteiger partial charge in [0.05, 0.1) is 19.3 Å². The van der Waals surface area contributed by atoms with Crippen LogP contribution in [0.5, 0.6) is 0 Å². The second-order valence-corrected chi connectivity index (χ2v) is 3.94. The van der Waals surface area contributed by atoms with Crippen molar-refractivity contribution in [3.05, 3.63) is 35.9 Å². The Bertz CT molecular complexity index is 295. The highest BCUT2D eigenvalue weighted by Gasteiger charge is 2.32. The lowest BCUT2D eigenvalue weighted by Crippen LogP contribution is -2.20. The summed E-state index contributed by atoms with van der Waals surface area (Å²) < 4.78 is 16.2. The molecular weight excluding hydrogens is 204 g/mol. The van der Waals surface area contributed by atoms with Gasteiger partial charge < -0.3 is 14.2 Å². The maximum absolute atomic E-state index is 5.59. The molecule has 1 unspecified atom stereocenters. The SMILES string of the molecule is CC[C@H](OCOCc1ccccc1)C1CO1. The van der Waals surface area contributed by atoms with Gasteiger partial charge in [0.15, 0.2) is 0 Å². The molecule has 3 heteroatoms. The Morgan fingerprint density at radius 3 is 2.75 bits per heavy atom. The van der Waals surface area contributed by atoms with Crippen LogP contribution in [0.25, 0.3) is 0 Å². The summed E-state index contributed by atoms with van der Waals surface area (Å²) in [6, 6.07) is 10.1. The standard InChI is InChI=1S/C13H18O3/c1-2-12(13-9-15-13)16-10-14-8-11-6-4-3-5-7-11/h3-7,12-13H,2,8-10H2,1H3/t12-,13?/m0/s1. The summed E-state index contributed by atoms with van der Waals surface area (Å²) in [4.78, 5) is 0. The Morgan fingerprint density at radius 2 is 2.12 bits per heavy atom. The van der Waals surface area contributed by atoms with Crippen LogP contribution in [0.15, 0.2) is 30.3 Å². The smallest absolute Gasteiger partial charge is 0.147 e. The van der Waals surface area contributed by atoms with Gasteiger partial charge in [-0.1, -0.05) is 37.3 Å². The molecule has 3 nitrogen and oxygen atoms in total. The van der Waals surface area contributed by atoms with Crippen LogP contribution in [-0.2, 0) is 20.8 Å². The van der Waals surface area contributed by atoms with Gasteiger partial charge in [0.2, 0.25) is 0 Å². The molecule has 1 heterocycles. The topological polar surface area (TPSA) is 31.0 Å². The fourth-order valence-electron chi connectivity index (χ4n) is 1.63. The molecule has 0 saturated carbocycles. The molecule has 1 aromatic carbocycles. The van der Waals surface area contributed by atoms with Gasteiger partial charge in [-0.2, -0.15) is 0 Å². The summed E-state index contributed by atoms with van der Waals surface area (Å²) in [5.74, 6) is 0. The molecule has 0 aromatic heterocycles. The highest BCUT2D eigenvalue weighted by Crippen LogP contribution is 2.19. The van der Waals surface area contributed by atoms with Crippen LogP contribution < -0.4 is 0 Å². The molecule has 1 saturated heterocycles. The van der Waals surface area contributed by atoms with Gasteiger partial charge in [-0.05, 0) is 12.0 Å². The maximum atomic E-state index is 5.59. The summed E-state index contributed by atoms with van der Waals surface area (Å²) in [6.45, 7) is 3.87. The van der Waals surface area contributed by atoms with E-state index < -0.39 is 0 Å². The normalized spacial score (nSPS) is 20.7. The van der Waals surface area contributed by atoms with E-state index in [0.29, 0.717) is 19.5 Å². The Morgan fingerprint density at radius 1 is 1.38 bits per heavy atom. The summed E-state index contributed by atoms with van der Waals surface area (Å²) in [7, 11) is 0. The number of ether oxygens (including phenoxy) is 3. The molecule has 1 fully saturated rings. The average Bonchev–Trinajstić information content (AvgIpc) is 3.15. The van der Waals surface area contributed by atoms with Crippen molar-refractivity contribution in [2.45, 2.75) is 32.2 Å². The van der Waals surface area contributed by atoms with E-state index in [1.54, 1.807) is 0 Å². The van der Waals surface area contributed by atoms with E-state index in [2.05, 4.69) is 6.92 Å². The molecule has 0 spiro atoms. The zero-order valence-corrected chi connectivity index (χ0v) is 9.59. The summed E-state index contributed by atoms with van der Waals surface area (Å²) in [6.07, 6.45) is 1.46. The predicted octanol–water partition coefficient (Wildman–Crippen LogP) is 2.35. The van der Waals surface area contributed by atoms with Gasteiger partial charge in [0, 0.05) is 0 Å². The Balaban J connectivity index is 1.61. The monoisotopic (exact) mass is 222 g/mol. The van der Waals surface area contributed by atoms with Gasteiger partial charge in [0.1, 0.15) is 12.9 Å². The van der Waals surface area contributed by atoms with Crippen molar-refractivity contribution in [3.8, 4) is 0 Å². The third kappa shape index (κ3) is 3.59. The number of benzene rings is 1. The number of hydrogen-bond acceptors (Lipinski definition) is 3. The van der Waals surface area contributed by atoms with E-state index in [9.17, 15) is 0 Å². The Kier molecular flexibility index (Phi) is 4.34. The molecule has 1 aliphatic rings. The van der Waals surface area contributed by atoms with E-state index in [1.807, 2.05) is 30.3 Å². The molecule has 0 radical (unpaired) electrons. The van der Waals surface area contributed by atoms with Crippen molar-refractivity contribution in [1.29, 1.82) is 0 Å². The molecule has 0 bridgehead atoms. The molecule has 0 aliphatic carbocycles. The lowest BCUT2D eigenvalue weighted by molar-refractivity contribution is -0.103. The van der Waals surface area contributed by atoms with Crippen LogP contribution in [0.1, 0.15) is 18.9 Å². The van der Waals surface area contributed by atoms with Gasteiger partial charge in [-0.3, -0.25) is 0 Å².